The Balaban J connectivity index is 1.88. The Bertz CT molecular complexity index is 490. The molecule has 0 unspecified atom stereocenters. The van der Waals surface area contributed by atoms with Crippen molar-refractivity contribution in [3.8, 4) is 0 Å². The van der Waals surface area contributed by atoms with Gasteiger partial charge < -0.3 is 0 Å². The van der Waals surface area contributed by atoms with Crippen molar-refractivity contribution in [3.63, 3.8) is 0 Å². The van der Waals surface area contributed by atoms with Crippen molar-refractivity contribution < 1.29 is 8.42 Å². The number of hydrogen-bond donors (Lipinski definition) is 0. The summed E-state index contributed by atoms with van der Waals surface area (Å²) in [5, 5.41) is 2.08. The van der Waals surface area contributed by atoms with Crippen LogP contribution in [-0.2, 0) is 16.6 Å². The first-order valence-corrected chi connectivity index (χ1v) is 9.93. The van der Waals surface area contributed by atoms with E-state index < -0.39 is 10.0 Å². The van der Waals surface area contributed by atoms with Crippen LogP contribution < -0.4 is 0 Å². The normalized spacial score (nSPS) is 19.1. The van der Waals surface area contributed by atoms with Crippen LogP contribution in [0, 0.1) is 0 Å². The Morgan fingerprint density at radius 1 is 1.25 bits per heavy atom. The molecule has 4 nitrogen and oxygen atoms in total. The summed E-state index contributed by atoms with van der Waals surface area (Å²) in [5.41, 5.74) is 0. The molecule has 0 bridgehead atoms. The molecule has 7 heteroatoms. The predicted molar refractivity (Wildman–Crippen MR) is 84.9 cm³/mol. The Hall–Kier alpha value is -0.140. The first kappa shape index (κ1) is 16.2. The third kappa shape index (κ3) is 4.70. The molecule has 2 heterocycles. The van der Waals surface area contributed by atoms with E-state index in [2.05, 4.69) is 22.4 Å². The number of halogens is 1. The fourth-order valence-electron chi connectivity index (χ4n) is 2.37. The quantitative estimate of drug-likeness (QED) is 0.748. The minimum absolute atomic E-state index is 0.168. The van der Waals surface area contributed by atoms with Crippen molar-refractivity contribution in [3.05, 3.63) is 22.4 Å². The number of alkyl halides is 1. The zero-order valence-electron chi connectivity index (χ0n) is 11.5. The summed E-state index contributed by atoms with van der Waals surface area (Å²) in [5.74, 6) is 0.568. The monoisotopic (exact) mass is 336 g/mol. The molecule has 0 N–H and O–H groups in total. The molecule has 0 aromatic carbocycles. The summed E-state index contributed by atoms with van der Waals surface area (Å²) in [7, 11) is -3.13. The number of hydrogen-bond acceptors (Lipinski definition) is 4. The van der Waals surface area contributed by atoms with Gasteiger partial charge in [-0.1, -0.05) is 6.07 Å². The zero-order valence-corrected chi connectivity index (χ0v) is 13.9. The molecule has 1 aliphatic rings. The summed E-state index contributed by atoms with van der Waals surface area (Å²) in [6, 6.07) is 4.19. The van der Waals surface area contributed by atoms with E-state index in [1.54, 1.807) is 15.6 Å². The molecule has 0 radical (unpaired) electrons. The van der Waals surface area contributed by atoms with Crippen molar-refractivity contribution >= 4 is 33.0 Å². The van der Waals surface area contributed by atoms with Crippen LogP contribution in [0.15, 0.2) is 17.5 Å². The van der Waals surface area contributed by atoms with E-state index in [4.69, 9.17) is 11.6 Å². The van der Waals surface area contributed by atoms with Gasteiger partial charge in [-0.15, -0.1) is 22.9 Å². The van der Waals surface area contributed by atoms with Gasteiger partial charge in [0.05, 0.1) is 5.75 Å². The van der Waals surface area contributed by atoms with Gasteiger partial charge >= 0.3 is 0 Å². The lowest BCUT2D eigenvalue weighted by molar-refractivity contribution is 0.281. The van der Waals surface area contributed by atoms with Crippen molar-refractivity contribution in [2.24, 2.45) is 0 Å². The Morgan fingerprint density at radius 2 is 2.10 bits per heavy atom. The van der Waals surface area contributed by atoms with E-state index in [0.717, 1.165) is 26.1 Å². The van der Waals surface area contributed by atoms with Crippen LogP contribution in [-0.4, -0.2) is 55.4 Å². The molecule has 1 aromatic heterocycles. The van der Waals surface area contributed by atoms with Gasteiger partial charge in [-0.25, -0.2) is 12.7 Å². The minimum atomic E-state index is -3.13. The summed E-state index contributed by atoms with van der Waals surface area (Å²) in [4.78, 5) is 3.67. The number of thiophene rings is 1. The average Bonchev–Trinajstić information content (AvgIpc) is 2.80. The zero-order chi connectivity index (χ0) is 14.4. The van der Waals surface area contributed by atoms with Crippen molar-refractivity contribution in [1.82, 2.24) is 9.21 Å². The second kappa shape index (κ2) is 7.75. The van der Waals surface area contributed by atoms with Crippen LogP contribution in [0.25, 0.3) is 0 Å². The summed E-state index contributed by atoms with van der Waals surface area (Å²) >= 11 is 7.34. The third-order valence-electron chi connectivity index (χ3n) is 3.44. The molecule has 1 aromatic rings. The Labute approximate surface area is 130 Å². The van der Waals surface area contributed by atoms with E-state index >= 15 is 0 Å². The van der Waals surface area contributed by atoms with E-state index in [1.165, 1.54) is 4.88 Å². The van der Waals surface area contributed by atoms with Crippen LogP contribution in [0.4, 0.5) is 0 Å². The molecule has 20 heavy (non-hydrogen) atoms. The van der Waals surface area contributed by atoms with Gasteiger partial charge in [0.25, 0.3) is 0 Å². The van der Waals surface area contributed by atoms with Crippen molar-refractivity contribution in [1.29, 1.82) is 0 Å². The molecule has 1 saturated heterocycles. The molecular weight excluding hydrogens is 316 g/mol. The Kier molecular flexibility index (Phi) is 6.29. The van der Waals surface area contributed by atoms with Gasteiger partial charge in [-0.3, -0.25) is 4.90 Å². The highest BCUT2D eigenvalue weighted by Gasteiger charge is 2.24. The average molecular weight is 337 g/mol. The summed E-state index contributed by atoms with van der Waals surface area (Å²) < 4.78 is 26.0. The molecule has 114 valence electrons. The fourth-order valence-corrected chi connectivity index (χ4v) is 4.95. The molecule has 0 amide bonds. The van der Waals surface area contributed by atoms with Crippen LogP contribution >= 0.6 is 22.9 Å². The van der Waals surface area contributed by atoms with Gasteiger partial charge in [0, 0.05) is 36.9 Å². The van der Waals surface area contributed by atoms with Crippen LogP contribution in [0.3, 0.4) is 0 Å². The highest BCUT2D eigenvalue weighted by Crippen LogP contribution is 2.15. The summed E-state index contributed by atoms with van der Waals surface area (Å²) in [6.07, 6.45) is 1.42. The van der Waals surface area contributed by atoms with Gasteiger partial charge in [-0.05, 0) is 30.8 Å². The maximum Gasteiger partial charge on any atom is 0.214 e. The standard InChI is InChI=1S/C13H21ClN2O2S2/c14-5-2-11-20(17,18)16-7-3-6-15(8-9-16)12-13-4-1-10-19-13/h1,4,10H,2-3,5-9,11-12H2. The van der Waals surface area contributed by atoms with Crippen molar-refractivity contribution in [2.45, 2.75) is 19.4 Å². The first-order chi connectivity index (χ1) is 9.62. The third-order valence-corrected chi connectivity index (χ3v) is 6.52. The lowest BCUT2D eigenvalue weighted by Crippen LogP contribution is -2.36. The molecular formula is C13H21ClN2O2S2. The van der Waals surface area contributed by atoms with Crippen LogP contribution in [0.2, 0.25) is 0 Å². The van der Waals surface area contributed by atoms with E-state index in [1.807, 2.05) is 0 Å². The van der Waals surface area contributed by atoms with Crippen LogP contribution in [0.1, 0.15) is 17.7 Å². The number of rotatable bonds is 6. The molecule has 2 rings (SSSR count). The van der Waals surface area contributed by atoms with Gasteiger partial charge in [0.15, 0.2) is 0 Å². The van der Waals surface area contributed by atoms with Gasteiger partial charge in [0.2, 0.25) is 10.0 Å². The second-order valence-electron chi connectivity index (χ2n) is 4.97. The second-order valence-corrected chi connectivity index (χ2v) is 8.47. The highest BCUT2D eigenvalue weighted by atomic mass is 35.5. The molecule has 0 spiro atoms. The smallest absolute Gasteiger partial charge is 0.214 e. The SMILES string of the molecule is O=S(=O)(CCCCl)N1CCCN(Cc2cccs2)CC1. The number of nitrogens with zero attached hydrogens (tertiary/aromatic N) is 2. The maximum atomic E-state index is 12.2. The Morgan fingerprint density at radius 3 is 2.80 bits per heavy atom. The van der Waals surface area contributed by atoms with Crippen LogP contribution in [0.5, 0.6) is 0 Å². The molecule has 1 aliphatic heterocycles. The molecule has 0 atom stereocenters. The van der Waals surface area contributed by atoms with E-state index in [-0.39, 0.29) is 5.75 Å². The highest BCUT2D eigenvalue weighted by molar-refractivity contribution is 7.89. The van der Waals surface area contributed by atoms with E-state index in [9.17, 15) is 8.42 Å². The topological polar surface area (TPSA) is 40.6 Å². The first-order valence-electron chi connectivity index (χ1n) is 6.90. The lowest BCUT2D eigenvalue weighted by atomic mass is 10.3. The van der Waals surface area contributed by atoms with Gasteiger partial charge in [0.1, 0.15) is 0 Å². The van der Waals surface area contributed by atoms with Gasteiger partial charge in [-0.2, -0.15) is 0 Å². The van der Waals surface area contributed by atoms with E-state index in [0.29, 0.717) is 25.4 Å². The molecule has 0 saturated carbocycles. The largest absolute Gasteiger partial charge is 0.297 e. The van der Waals surface area contributed by atoms with Crippen molar-refractivity contribution in [2.75, 3.05) is 37.8 Å². The predicted octanol–water partition coefficient (Wildman–Crippen LogP) is 2.21. The minimum Gasteiger partial charge on any atom is -0.297 e. The lowest BCUT2D eigenvalue weighted by Gasteiger charge is -2.21. The summed E-state index contributed by atoms with van der Waals surface area (Å²) in [6.45, 7) is 3.91. The molecule has 0 aliphatic carbocycles. The maximum absolute atomic E-state index is 12.2. The molecule has 1 fully saturated rings. The number of sulfonamides is 1. The fraction of sp³-hybridized carbons (Fsp3) is 0.692.